The number of aliphatic carboxylic acids is 2. The molecule has 0 saturated carbocycles. The van der Waals surface area contributed by atoms with Crippen molar-refractivity contribution in [2.24, 2.45) is 0 Å². The van der Waals surface area contributed by atoms with Crippen molar-refractivity contribution in [2.75, 3.05) is 16.8 Å². The highest BCUT2D eigenvalue weighted by atomic mass is 16.4. The Morgan fingerprint density at radius 2 is 1.88 bits per heavy atom. The molecule has 0 aliphatic carbocycles. The Morgan fingerprint density at radius 1 is 1.12 bits per heavy atom. The van der Waals surface area contributed by atoms with Crippen LogP contribution in [0.25, 0.3) is 11.2 Å². The Kier molecular flexibility index (Phi) is 6.81. The molecule has 0 aliphatic heterocycles. The average molecular weight is 454 g/mol. The van der Waals surface area contributed by atoms with Crippen molar-refractivity contribution < 1.29 is 24.6 Å². The maximum absolute atomic E-state index is 12.4. The third-order valence-corrected chi connectivity index (χ3v) is 4.70. The van der Waals surface area contributed by atoms with Crippen LogP contribution < -0.4 is 22.1 Å². The van der Waals surface area contributed by atoms with Crippen LogP contribution in [0.1, 0.15) is 34.5 Å². The lowest BCUT2D eigenvalue weighted by Crippen LogP contribution is -2.41. The highest BCUT2D eigenvalue weighted by molar-refractivity contribution is 5.97. The number of carbonyl (C=O) groups excluding carboxylic acids is 1. The van der Waals surface area contributed by atoms with Crippen molar-refractivity contribution in [3.63, 3.8) is 0 Å². The number of nitrogens with two attached hydrogens (primary N) is 2. The van der Waals surface area contributed by atoms with E-state index < -0.39 is 23.9 Å². The Bertz CT molecular complexity index is 1230. The standard InChI is InChI=1S/C20H22N8O5/c1-9-6-10(18(31)26-13(19(32)33)4-5-14(29)30)2-3-12(9)23-7-11-8-24-17-15(25-11)16(21)27-20(22)28-17/h2-3,6,8,13,23H,4-5,7H2,1H3,(H,26,31)(H,29,30)(H,32,33)(H4,21,22,24,27,28)/t13-/m0/s1. The second-order valence-electron chi connectivity index (χ2n) is 7.18. The zero-order chi connectivity index (χ0) is 24.1. The lowest BCUT2D eigenvalue weighted by molar-refractivity contribution is -0.140. The number of benzene rings is 1. The van der Waals surface area contributed by atoms with Gasteiger partial charge in [0.05, 0.1) is 18.4 Å². The van der Waals surface area contributed by atoms with Gasteiger partial charge >= 0.3 is 11.9 Å². The molecule has 2 aromatic heterocycles. The van der Waals surface area contributed by atoms with Gasteiger partial charge in [-0.15, -0.1) is 0 Å². The number of nitrogens with one attached hydrogen (secondary N) is 2. The molecule has 3 aromatic rings. The highest BCUT2D eigenvalue weighted by Gasteiger charge is 2.22. The number of amides is 1. The van der Waals surface area contributed by atoms with Crippen LogP contribution in [0.4, 0.5) is 17.5 Å². The zero-order valence-electron chi connectivity index (χ0n) is 17.6. The van der Waals surface area contributed by atoms with Gasteiger partial charge in [-0.05, 0) is 37.1 Å². The summed E-state index contributed by atoms with van der Waals surface area (Å²) in [5, 5.41) is 23.5. The molecule has 0 saturated heterocycles. The van der Waals surface area contributed by atoms with Crippen LogP contribution in [0.2, 0.25) is 0 Å². The molecular formula is C20H22N8O5. The van der Waals surface area contributed by atoms with E-state index in [1.54, 1.807) is 19.1 Å². The van der Waals surface area contributed by atoms with E-state index in [1.165, 1.54) is 12.3 Å². The van der Waals surface area contributed by atoms with Gasteiger partial charge in [0.25, 0.3) is 5.91 Å². The maximum atomic E-state index is 12.4. The highest BCUT2D eigenvalue weighted by Crippen LogP contribution is 2.19. The number of hydrogen-bond donors (Lipinski definition) is 6. The number of nitrogen functional groups attached to an aromatic ring is 2. The fourth-order valence-electron chi connectivity index (χ4n) is 3.02. The van der Waals surface area contributed by atoms with Crippen LogP contribution >= 0.6 is 0 Å². The van der Waals surface area contributed by atoms with Crippen LogP contribution in [-0.2, 0) is 16.1 Å². The van der Waals surface area contributed by atoms with E-state index >= 15 is 0 Å². The predicted octanol–water partition coefficient (Wildman–Crippen LogP) is 0.553. The minimum Gasteiger partial charge on any atom is -0.481 e. The predicted molar refractivity (Wildman–Crippen MR) is 118 cm³/mol. The van der Waals surface area contributed by atoms with Gasteiger partial charge in [0.15, 0.2) is 17.0 Å². The number of aryl methyl sites for hydroxylation is 1. The van der Waals surface area contributed by atoms with E-state index in [2.05, 4.69) is 30.6 Å². The number of anilines is 3. The van der Waals surface area contributed by atoms with Crippen molar-refractivity contribution in [2.45, 2.75) is 32.4 Å². The molecular weight excluding hydrogens is 432 g/mol. The third kappa shape index (κ3) is 5.78. The Balaban J connectivity index is 1.68. The number of carbonyl (C=O) groups is 3. The van der Waals surface area contributed by atoms with E-state index in [1.807, 2.05) is 0 Å². The second-order valence-corrected chi connectivity index (χ2v) is 7.18. The van der Waals surface area contributed by atoms with Gasteiger partial charge in [0.1, 0.15) is 6.04 Å². The van der Waals surface area contributed by atoms with Gasteiger partial charge in [0.2, 0.25) is 5.95 Å². The van der Waals surface area contributed by atoms with Gasteiger partial charge in [-0.25, -0.2) is 14.8 Å². The summed E-state index contributed by atoms with van der Waals surface area (Å²) >= 11 is 0. The normalized spacial score (nSPS) is 11.7. The summed E-state index contributed by atoms with van der Waals surface area (Å²) in [5.74, 6) is -2.92. The topological polar surface area (TPSA) is 219 Å². The van der Waals surface area contributed by atoms with Crippen molar-refractivity contribution >= 4 is 46.5 Å². The van der Waals surface area contributed by atoms with E-state index in [0.29, 0.717) is 23.4 Å². The van der Waals surface area contributed by atoms with Gasteiger partial charge in [-0.1, -0.05) is 0 Å². The molecule has 33 heavy (non-hydrogen) atoms. The molecule has 1 aromatic carbocycles. The molecule has 13 nitrogen and oxygen atoms in total. The number of hydrogen-bond acceptors (Lipinski definition) is 10. The largest absolute Gasteiger partial charge is 0.481 e. The minimum absolute atomic E-state index is 0.0106. The SMILES string of the molecule is Cc1cc(C(=O)N[C@@H](CCC(=O)O)C(=O)O)ccc1NCc1cnc2nc(N)nc(N)c2n1. The Labute approximate surface area is 187 Å². The van der Waals surface area contributed by atoms with Crippen molar-refractivity contribution in [3.05, 3.63) is 41.2 Å². The van der Waals surface area contributed by atoms with Gasteiger partial charge in [0, 0.05) is 17.7 Å². The first-order chi connectivity index (χ1) is 15.6. The first kappa shape index (κ1) is 23.1. The van der Waals surface area contributed by atoms with Gasteiger partial charge in [-0.3, -0.25) is 9.59 Å². The summed E-state index contributed by atoms with van der Waals surface area (Å²) in [7, 11) is 0. The van der Waals surface area contributed by atoms with E-state index in [9.17, 15) is 19.5 Å². The average Bonchev–Trinajstić information content (AvgIpc) is 2.75. The molecule has 0 unspecified atom stereocenters. The smallest absolute Gasteiger partial charge is 0.326 e. The molecule has 0 radical (unpaired) electrons. The number of nitrogens with zero attached hydrogens (tertiary/aromatic N) is 4. The van der Waals surface area contributed by atoms with Crippen molar-refractivity contribution in [1.29, 1.82) is 0 Å². The van der Waals surface area contributed by atoms with Gasteiger partial charge < -0.3 is 32.3 Å². The lowest BCUT2D eigenvalue weighted by Gasteiger charge is -2.15. The molecule has 3 rings (SSSR count). The summed E-state index contributed by atoms with van der Waals surface area (Å²) in [6.07, 6.45) is 0.938. The summed E-state index contributed by atoms with van der Waals surface area (Å²) in [6, 6.07) is 3.49. The van der Waals surface area contributed by atoms with Crippen LogP contribution in [0.15, 0.2) is 24.4 Å². The fraction of sp³-hybridized carbons (Fsp3) is 0.250. The molecule has 0 bridgehead atoms. The maximum Gasteiger partial charge on any atom is 0.326 e. The number of carboxylic acids is 2. The summed E-state index contributed by atoms with van der Waals surface area (Å²) in [6.45, 7) is 2.08. The van der Waals surface area contributed by atoms with Crippen molar-refractivity contribution in [1.82, 2.24) is 25.3 Å². The monoisotopic (exact) mass is 454 g/mol. The van der Waals surface area contributed by atoms with Crippen LogP contribution in [0.3, 0.4) is 0 Å². The second kappa shape index (κ2) is 9.72. The first-order valence-corrected chi connectivity index (χ1v) is 9.78. The van der Waals surface area contributed by atoms with Gasteiger partial charge in [-0.2, -0.15) is 9.97 Å². The minimum atomic E-state index is -1.30. The zero-order valence-corrected chi connectivity index (χ0v) is 17.6. The number of fused-ring (bicyclic) bond motifs is 1. The molecule has 13 heteroatoms. The number of rotatable bonds is 9. The molecule has 0 aliphatic rings. The quantitative estimate of drug-likeness (QED) is 0.261. The molecule has 0 fully saturated rings. The van der Waals surface area contributed by atoms with Crippen molar-refractivity contribution in [3.8, 4) is 0 Å². The Morgan fingerprint density at radius 3 is 2.55 bits per heavy atom. The summed E-state index contributed by atoms with van der Waals surface area (Å²) < 4.78 is 0. The van der Waals surface area contributed by atoms with E-state index in [4.69, 9.17) is 16.6 Å². The number of aromatic nitrogens is 4. The Hall–Kier alpha value is -4.55. The molecule has 1 atom stereocenters. The summed E-state index contributed by atoms with van der Waals surface area (Å²) in [5.41, 5.74) is 14.3. The van der Waals surface area contributed by atoms with Crippen LogP contribution in [0, 0.1) is 6.92 Å². The third-order valence-electron chi connectivity index (χ3n) is 4.70. The fourth-order valence-corrected chi connectivity index (χ4v) is 3.02. The summed E-state index contributed by atoms with van der Waals surface area (Å²) in [4.78, 5) is 50.8. The molecule has 2 heterocycles. The molecule has 0 spiro atoms. The molecule has 1 amide bonds. The van der Waals surface area contributed by atoms with Crippen LogP contribution in [-0.4, -0.2) is 54.0 Å². The lowest BCUT2D eigenvalue weighted by atomic mass is 10.1. The van der Waals surface area contributed by atoms with Crippen LogP contribution in [0.5, 0.6) is 0 Å². The molecule has 172 valence electrons. The first-order valence-electron chi connectivity index (χ1n) is 9.78. The number of carboxylic acid groups (broad SMARTS) is 2. The molecule has 8 N–H and O–H groups in total. The van der Waals surface area contributed by atoms with E-state index in [-0.39, 0.29) is 30.2 Å². The van der Waals surface area contributed by atoms with E-state index in [0.717, 1.165) is 11.3 Å².